The first-order valence-corrected chi connectivity index (χ1v) is 12.2. The molecule has 1 aliphatic heterocycles. The fraction of sp³-hybridized carbons (Fsp3) is 1.00. The van der Waals surface area contributed by atoms with E-state index in [1.165, 1.54) is 0 Å². The maximum atomic E-state index is 8.11. The molecule has 1 fully saturated rings. The van der Waals surface area contributed by atoms with Crippen molar-refractivity contribution in [2.45, 2.75) is 6.04 Å². The maximum absolute atomic E-state index is 8.11. The van der Waals surface area contributed by atoms with Gasteiger partial charge in [-0.15, -0.1) is 4.78 Å². The van der Waals surface area contributed by atoms with Crippen molar-refractivity contribution < 1.29 is 4.43 Å². The van der Waals surface area contributed by atoms with Gasteiger partial charge in [0.25, 0.3) is 0 Å². The van der Waals surface area contributed by atoms with E-state index in [0.29, 0.717) is 0 Å². The zero-order valence-corrected chi connectivity index (χ0v) is 9.14. The molecule has 4 nitrogen and oxygen atoms in total. The summed E-state index contributed by atoms with van der Waals surface area (Å²) in [6.45, 7) is 0.898. The highest BCUT2D eigenvalue weighted by Crippen LogP contribution is 1.98. The average molecular weight is 175 g/mol. The summed E-state index contributed by atoms with van der Waals surface area (Å²) >= 11 is 0. The molecule has 1 aliphatic rings. The Labute approximate surface area is 59.3 Å². The van der Waals surface area contributed by atoms with Crippen LogP contribution in [0.4, 0.5) is 0 Å². The van der Waals surface area contributed by atoms with Crippen LogP contribution in [0.1, 0.15) is 0 Å². The third-order valence-corrected chi connectivity index (χ3v) is 17.6. The van der Waals surface area contributed by atoms with E-state index in [9.17, 15) is 0 Å². The van der Waals surface area contributed by atoms with Crippen molar-refractivity contribution in [3.63, 3.8) is 0 Å². The summed E-state index contributed by atoms with van der Waals surface area (Å²) in [5.41, 5.74) is 8.11. The van der Waals surface area contributed by atoms with E-state index in [4.69, 9.17) is 9.96 Å². The summed E-state index contributed by atoms with van der Waals surface area (Å²) in [4.78, 5) is 2.85. The van der Waals surface area contributed by atoms with E-state index in [2.05, 4.69) is 9.69 Å². The Morgan fingerprint density at radius 3 is 3.22 bits per heavy atom. The van der Waals surface area contributed by atoms with E-state index in [0.717, 1.165) is 12.7 Å². The molecule has 9 heavy (non-hydrogen) atoms. The molecule has 1 heterocycles. The molecule has 0 amide bonds. The van der Waals surface area contributed by atoms with Crippen molar-refractivity contribution >= 4 is 26.3 Å². The molecule has 1 rings (SSSR count). The fourth-order valence-corrected chi connectivity index (χ4v) is 14.6. The lowest BCUT2D eigenvalue weighted by Gasteiger charge is -2.14. The molecule has 0 aromatic heterocycles. The fourth-order valence-electron chi connectivity index (χ4n) is 0.874. The molecule has 0 bridgehead atoms. The van der Waals surface area contributed by atoms with Gasteiger partial charge < -0.3 is 4.43 Å². The Morgan fingerprint density at radius 2 is 2.67 bits per heavy atom. The Kier molecular flexibility index (Phi) is 3.01. The smallest absolute Gasteiger partial charge is 0.140 e. The van der Waals surface area contributed by atoms with E-state index >= 15 is 0 Å². The third-order valence-electron chi connectivity index (χ3n) is 1.41. The zero-order chi connectivity index (χ0) is 6.53. The average Bonchev–Trinajstić information content (AvgIpc) is 1.91. The SMILES string of the molecule is [N-]=[N+]=N[SiH]1CCO[SiH2][SiH2]1. The van der Waals surface area contributed by atoms with Crippen LogP contribution in [0.5, 0.6) is 0 Å². The van der Waals surface area contributed by atoms with Crippen molar-refractivity contribution in [2.24, 2.45) is 4.78 Å². The van der Waals surface area contributed by atoms with Crippen molar-refractivity contribution in [1.29, 1.82) is 0 Å². The Balaban J connectivity index is 2.31. The van der Waals surface area contributed by atoms with Crippen LogP contribution >= 0.6 is 0 Å². The molecule has 0 aromatic rings. The zero-order valence-electron chi connectivity index (χ0n) is 5.16. The number of hydrogen-bond acceptors (Lipinski definition) is 2. The van der Waals surface area contributed by atoms with Gasteiger partial charge in [-0.1, -0.05) is 0 Å². The van der Waals surface area contributed by atoms with Crippen molar-refractivity contribution in [3.8, 4) is 0 Å². The van der Waals surface area contributed by atoms with Crippen LogP contribution in [-0.2, 0) is 4.43 Å². The summed E-state index contributed by atoms with van der Waals surface area (Å²) < 4.78 is 9.12. The minimum Gasteiger partial charge on any atom is -0.429 e. The summed E-state index contributed by atoms with van der Waals surface area (Å²) in [5.74, 6) is 0. The highest BCUT2D eigenvalue weighted by atomic mass is 29.6. The van der Waals surface area contributed by atoms with Crippen LogP contribution in [0.3, 0.4) is 0 Å². The molecular formula is C2H9N3OSi3. The molecule has 1 atom stereocenters. The van der Waals surface area contributed by atoms with Gasteiger partial charge in [-0.05, 0) is 16.5 Å². The normalized spacial score (nSPS) is 32.2. The third kappa shape index (κ3) is 2.33. The van der Waals surface area contributed by atoms with E-state index in [-0.39, 0.29) is 17.8 Å². The molecule has 7 heteroatoms. The Hall–Kier alpha value is -0.0794. The minimum absolute atomic E-state index is 0.0466. The summed E-state index contributed by atoms with van der Waals surface area (Å²) in [7, 11) is -0.919. The van der Waals surface area contributed by atoms with Gasteiger partial charge in [0.1, 0.15) is 17.8 Å². The van der Waals surface area contributed by atoms with E-state index in [1.807, 2.05) is 0 Å². The van der Waals surface area contributed by atoms with Gasteiger partial charge in [0, 0.05) is 15.2 Å². The predicted molar refractivity (Wildman–Crippen MR) is 44.1 cm³/mol. The van der Waals surface area contributed by atoms with Crippen LogP contribution in [0.25, 0.3) is 10.4 Å². The van der Waals surface area contributed by atoms with Crippen molar-refractivity contribution in [2.75, 3.05) is 6.61 Å². The molecule has 0 spiro atoms. The van der Waals surface area contributed by atoms with Crippen LogP contribution in [-0.4, -0.2) is 32.9 Å². The summed E-state index contributed by atoms with van der Waals surface area (Å²) in [6, 6.07) is 1.11. The number of rotatable bonds is 1. The summed E-state index contributed by atoms with van der Waals surface area (Å²) in [6.07, 6.45) is 0. The number of hydrogen-bond donors (Lipinski definition) is 0. The lowest BCUT2D eigenvalue weighted by molar-refractivity contribution is 0.367. The first-order chi connectivity index (χ1) is 4.43. The van der Waals surface area contributed by atoms with E-state index in [1.54, 1.807) is 0 Å². The molecule has 0 N–H and O–H groups in total. The van der Waals surface area contributed by atoms with Gasteiger partial charge in [-0.3, -0.25) is 0 Å². The molecule has 0 aromatic carbocycles. The summed E-state index contributed by atoms with van der Waals surface area (Å²) in [5, 5.41) is 0. The van der Waals surface area contributed by atoms with Gasteiger partial charge in [0.15, 0.2) is 0 Å². The molecule has 0 aliphatic carbocycles. The van der Waals surface area contributed by atoms with Crippen LogP contribution in [0.2, 0.25) is 6.04 Å². The molecular weight excluding hydrogens is 166 g/mol. The molecule has 1 unspecified atom stereocenters. The number of azide groups is 1. The monoisotopic (exact) mass is 175 g/mol. The first kappa shape index (κ1) is 7.03. The van der Waals surface area contributed by atoms with Gasteiger partial charge in [-0.2, -0.15) is 0 Å². The van der Waals surface area contributed by atoms with Crippen molar-refractivity contribution in [3.05, 3.63) is 10.4 Å². The first-order valence-electron chi connectivity index (χ1n) is 3.05. The quantitative estimate of drug-likeness (QED) is 0.212. The minimum atomic E-state index is -0.842. The second kappa shape index (κ2) is 3.85. The Bertz CT molecular complexity index is 129. The van der Waals surface area contributed by atoms with Crippen LogP contribution in [0, 0.1) is 0 Å². The molecule has 0 saturated carbocycles. The highest BCUT2D eigenvalue weighted by molar-refractivity contribution is 7.34. The highest BCUT2D eigenvalue weighted by Gasteiger charge is 2.13. The predicted octanol–water partition coefficient (Wildman–Crippen LogP) is -1.29. The Morgan fingerprint density at radius 1 is 1.78 bits per heavy atom. The largest absolute Gasteiger partial charge is 0.429 e. The van der Waals surface area contributed by atoms with Gasteiger partial charge in [0.2, 0.25) is 0 Å². The topological polar surface area (TPSA) is 58.0 Å². The van der Waals surface area contributed by atoms with E-state index < -0.39 is 8.48 Å². The second-order valence-corrected chi connectivity index (χ2v) is 16.5. The standard InChI is InChI=1S/C2H9N3OSi3/c3-4-5-9-2-1-6-7-8-9/h9H,1-2,7-8H2. The molecule has 50 valence electrons. The maximum Gasteiger partial charge on any atom is 0.140 e. The lowest BCUT2D eigenvalue weighted by Crippen LogP contribution is -2.33. The van der Waals surface area contributed by atoms with Gasteiger partial charge in [0.05, 0.1) is 0 Å². The van der Waals surface area contributed by atoms with Gasteiger partial charge in [-0.25, -0.2) is 0 Å². The molecule has 0 radical (unpaired) electrons. The van der Waals surface area contributed by atoms with Crippen molar-refractivity contribution in [1.82, 2.24) is 0 Å². The van der Waals surface area contributed by atoms with Crippen LogP contribution in [0.15, 0.2) is 4.78 Å². The molecule has 1 saturated heterocycles. The number of nitrogens with zero attached hydrogens (tertiary/aromatic N) is 3. The lowest BCUT2D eigenvalue weighted by atomic mass is 10.9. The van der Waals surface area contributed by atoms with Crippen LogP contribution < -0.4 is 0 Å². The van der Waals surface area contributed by atoms with Gasteiger partial charge >= 0.3 is 0 Å². The second-order valence-electron chi connectivity index (χ2n) is 2.05.